The number of ether oxygens (including phenoxy) is 3. The van der Waals surface area contributed by atoms with Crippen molar-refractivity contribution in [3.8, 4) is 5.75 Å². The molecule has 0 saturated heterocycles. The molecule has 1 aliphatic heterocycles. The molecule has 2 rings (SSSR count). The Morgan fingerprint density at radius 1 is 1.11 bits per heavy atom. The van der Waals surface area contributed by atoms with E-state index in [0.29, 0.717) is 23.6 Å². The lowest BCUT2D eigenvalue weighted by Crippen LogP contribution is -2.28. The molecule has 0 aliphatic carbocycles. The van der Waals surface area contributed by atoms with E-state index in [1.165, 1.54) is 14.2 Å². The van der Waals surface area contributed by atoms with E-state index in [4.69, 9.17) is 9.47 Å². The second kappa shape index (κ2) is 9.21. The summed E-state index contributed by atoms with van der Waals surface area (Å²) in [7, 11) is 2.58. The van der Waals surface area contributed by atoms with E-state index >= 15 is 0 Å². The first-order valence-corrected chi connectivity index (χ1v) is 8.91. The van der Waals surface area contributed by atoms with Gasteiger partial charge >= 0.3 is 11.9 Å². The van der Waals surface area contributed by atoms with E-state index in [1.54, 1.807) is 42.2 Å². The van der Waals surface area contributed by atoms with Crippen LogP contribution in [0.5, 0.6) is 5.75 Å². The zero-order valence-electron chi connectivity index (χ0n) is 16.8. The van der Waals surface area contributed by atoms with Crippen LogP contribution in [0.3, 0.4) is 0 Å². The van der Waals surface area contributed by atoms with Crippen LogP contribution in [0.25, 0.3) is 6.08 Å². The fourth-order valence-corrected chi connectivity index (χ4v) is 2.84. The highest BCUT2D eigenvalue weighted by atomic mass is 16.6. The summed E-state index contributed by atoms with van der Waals surface area (Å²) in [5.74, 6) is -0.495. The van der Waals surface area contributed by atoms with Crippen LogP contribution in [0.15, 0.2) is 41.1 Å². The number of methoxy groups -OCH3 is 2. The lowest BCUT2D eigenvalue weighted by atomic mass is 10.0. The third-order valence-electron chi connectivity index (χ3n) is 4.22. The first-order chi connectivity index (χ1) is 13.3. The van der Waals surface area contributed by atoms with Crippen molar-refractivity contribution in [2.24, 2.45) is 5.92 Å². The van der Waals surface area contributed by atoms with Gasteiger partial charge in [-0.1, -0.05) is 26.0 Å². The van der Waals surface area contributed by atoms with Crippen LogP contribution in [0.2, 0.25) is 0 Å². The number of nitrogens with zero attached hydrogens (tertiary/aromatic N) is 1. The van der Waals surface area contributed by atoms with Crippen molar-refractivity contribution in [1.82, 2.24) is 4.90 Å². The van der Waals surface area contributed by atoms with E-state index in [-0.39, 0.29) is 24.0 Å². The number of esters is 2. The van der Waals surface area contributed by atoms with E-state index in [9.17, 15) is 14.4 Å². The fourth-order valence-electron chi connectivity index (χ4n) is 2.84. The normalized spacial score (nSPS) is 15.4. The molecule has 1 amide bonds. The first-order valence-electron chi connectivity index (χ1n) is 8.91. The molecule has 7 heteroatoms. The van der Waals surface area contributed by atoms with Crippen LogP contribution in [0.1, 0.15) is 26.3 Å². The van der Waals surface area contributed by atoms with Gasteiger partial charge in [0.2, 0.25) is 0 Å². The van der Waals surface area contributed by atoms with Crippen molar-refractivity contribution in [1.29, 1.82) is 0 Å². The summed E-state index contributed by atoms with van der Waals surface area (Å²) < 4.78 is 14.7. The van der Waals surface area contributed by atoms with Crippen LogP contribution in [-0.4, -0.2) is 50.1 Å². The summed E-state index contributed by atoms with van der Waals surface area (Å²) in [6, 6.07) is 6.83. The maximum Gasteiger partial charge on any atom is 0.343 e. The van der Waals surface area contributed by atoms with Crippen molar-refractivity contribution >= 4 is 23.9 Å². The maximum atomic E-state index is 12.9. The number of benzene rings is 1. The third kappa shape index (κ3) is 4.79. The van der Waals surface area contributed by atoms with Crippen LogP contribution in [-0.2, 0) is 23.9 Å². The van der Waals surface area contributed by atoms with Gasteiger partial charge in [-0.15, -0.1) is 0 Å². The average molecular weight is 387 g/mol. The monoisotopic (exact) mass is 387 g/mol. The number of amides is 1. The van der Waals surface area contributed by atoms with Gasteiger partial charge in [0.15, 0.2) is 6.61 Å². The molecule has 0 spiro atoms. The lowest BCUT2D eigenvalue weighted by molar-refractivity contribution is -0.143. The zero-order valence-corrected chi connectivity index (χ0v) is 16.8. The van der Waals surface area contributed by atoms with E-state index < -0.39 is 11.9 Å². The molecule has 1 heterocycles. The number of carbonyl (C=O) groups is 3. The molecule has 0 radical (unpaired) electrons. The summed E-state index contributed by atoms with van der Waals surface area (Å²) in [4.78, 5) is 37.9. The molecule has 0 atom stereocenters. The minimum atomic E-state index is -0.540. The minimum Gasteiger partial charge on any atom is -0.482 e. The van der Waals surface area contributed by atoms with Gasteiger partial charge in [-0.3, -0.25) is 4.79 Å². The largest absolute Gasteiger partial charge is 0.482 e. The second-order valence-corrected chi connectivity index (χ2v) is 6.75. The predicted molar refractivity (Wildman–Crippen MR) is 103 cm³/mol. The van der Waals surface area contributed by atoms with Crippen LogP contribution >= 0.6 is 0 Å². The molecule has 0 bridgehead atoms. The van der Waals surface area contributed by atoms with Gasteiger partial charge in [-0.05, 0) is 36.6 Å². The van der Waals surface area contributed by atoms with E-state index in [2.05, 4.69) is 4.74 Å². The Morgan fingerprint density at radius 2 is 1.75 bits per heavy atom. The van der Waals surface area contributed by atoms with Crippen molar-refractivity contribution < 1.29 is 28.6 Å². The predicted octanol–water partition coefficient (Wildman–Crippen LogP) is 2.57. The van der Waals surface area contributed by atoms with Crippen LogP contribution in [0.4, 0.5) is 0 Å². The van der Waals surface area contributed by atoms with Gasteiger partial charge in [0.05, 0.1) is 25.4 Å². The van der Waals surface area contributed by atoms with Gasteiger partial charge in [0.25, 0.3) is 5.91 Å². The summed E-state index contributed by atoms with van der Waals surface area (Å²) in [6.45, 7) is 6.09. The number of hydrogen-bond donors (Lipinski definition) is 0. The van der Waals surface area contributed by atoms with Gasteiger partial charge in [0.1, 0.15) is 5.75 Å². The zero-order chi connectivity index (χ0) is 20.8. The Bertz CT molecular complexity index is 820. The van der Waals surface area contributed by atoms with Gasteiger partial charge in [0, 0.05) is 12.2 Å². The van der Waals surface area contributed by atoms with E-state index in [0.717, 1.165) is 5.56 Å². The second-order valence-electron chi connectivity index (χ2n) is 6.75. The van der Waals surface area contributed by atoms with Gasteiger partial charge in [-0.25, -0.2) is 9.59 Å². The highest BCUT2D eigenvalue weighted by Gasteiger charge is 2.37. The van der Waals surface area contributed by atoms with Crippen molar-refractivity contribution in [3.05, 3.63) is 46.7 Å². The Balaban J connectivity index is 2.30. The highest BCUT2D eigenvalue weighted by Crippen LogP contribution is 2.32. The SMILES string of the molecule is COC(=O)COc1ccc(/C=C2\C(=O)N(CC(C)C)C(C)=C2C(=O)OC)cc1. The molecule has 7 nitrogen and oxygen atoms in total. The summed E-state index contributed by atoms with van der Waals surface area (Å²) in [5, 5.41) is 0. The van der Waals surface area contributed by atoms with Crippen molar-refractivity contribution in [3.63, 3.8) is 0 Å². The highest BCUT2D eigenvalue weighted by molar-refractivity contribution is 6.16. The lowest BCUT2D eigenvalue weighted by Gasteiger charge is -2.19. The molecule has 1 aliphatic rings. The van der Waals surface area contributed by atoms with Gasteiger partial charge < -0.3 is 19.1 Å². The first kappa shape index (κ1) is 21.2. The molecule has 0 fully saturated rings. The maximum absolute atomic E-state index is 12.9. The Hall–Kier alpha value is -3.09. The number of carbonyl (C=O) groups excluding carboxylic acids is 3. The molecule has 1 aromatic rings. The van der Waals surface area contributed by atoms with Crippen molar-refractivity contribution in [2.75, 3.05) is 27.4 Å². The topological polar surface area (TPSA) is 82.1 Å². The standard InChI is InChI=1S/C21H25NO6/c1-13(2)11-22-14(3)19(21(25)27-5)17(20(22)24)10-15-6-8-16(9-7-15)28-12-18(23)26-4/h6-10,13H,11-12H2,1-5H3/b17-10-. The van der Waals surface area contributed by atoms with E-state index in [1.807, 2.05) is 13.8 Å². The quantitative estimate of drug-likeness (QED) is 0.528. The molecule has 0 aromatic heterocycles. The minimum absolute atomic E-state index is 0.187. The van der Waals surface area contributed by atoms with Gasteiger partial charge in [-0.2, -0.15) is 0 Å². The molecule has 0 saturated carbocycles. The summed E-state index contributed by atoms with van der Waals surface area (Å²) >= 11 is 0. The summed E-state index contributed by atoms with van der Waals surface area (Å²) in [5.41, 5.74) is 1.89. The van der Waals surface area contributed by atoms with Crippen LogP contribution < -0.4 is 4.74 Å². The van der Waals surface area contributed by atoms with Crippen LogP contribution in [0, 0.1) is 5.92 Å². The molecular formula is C21H25NO6. The molecule has 0 unspecified atom stereocenters. The molecule has 1 aromatic carbocycles. The number of rotatable bonds is 7. The Morgan fingerprint density at radius 3 is 2.29 bits per heavy atom. The molecule has 150 valence electrons. The Kier molecular flexibility index (Phi) is 6.98. The average Bonchev–Trinajstić information content (AvgIpc) is 2.90. The summed E-state index contributed by atoms with van der Waals surface area (Å²) in [6.07, 6.45) is 1.66. The Labute approximate surface area is 164 Å². The molecule has 0 N–H and O–H groups in total. The van der Waals surface area contributed by atoms with Crippen molar-refractivity contribution in [2.45, 2.75) is 20.8 Å². The molecular weight excluding hydrogens is 362 g/mol. The number of allylic oxidation sites excluding steroid dienone is 1. The molecule has 28 heavy (non-hydrogen) atoms. The smallest absolute Gasteiger partial charge is 0.343 e. The third-order valence-corrected chi connectivity index (χ3v) is 4.22. The fraction of sp³-hybridized carbons (Fsp3) is 0.381. The number of hydrogen-bond acceptors (Lipinski definition) is 6.